The van der Waals surface area contributed by atoms with E-state index < -0.39 is 0 Å². The Balaban J connectivity index is 1.61. The first-order valence-corrected chi connectivity index (χ1v) is 10.1. The lowest BCUT2D eigenvalue weighted by Gasteiger charge is -2.38. The Morgan fingerprint density at radius 2 is 1.89 bits per heavy atom. The van der Waals surface area contributed by atoms with Crippen molar-refractivity contribution >= 4 is 11.3 Å². The van der Waals surface area contributed by atoms with Crippen LogP contribution in [0.3, 0.4) is 0 Å². The summed E-state index contributed by atoms with van der Waals surface area (Å²) in [6, 6.07) is 10.8. The zero-order valence-corrected chi connectivity index (χ0v) is 16.1. The summed E-state index contributed by atoms with van der Waals surface area (Å²) in [5.41, 5.74) is 0.977. The molecule has 0 amide bonds. The molecule has 1 aromatic carbocycles. The molecule has 1 aliphatic rings. The van der Waals surface area contributed by atoms with Crippen molar-refractivity contribution in [2.24, 2.45) is 0 Å². The van der Waals surface area contributed by atoms with E-state index >= 15 is 0 Å². The second kappa shape index (κ2) is 8.24. The van der Waals surface area contributed by atoms with Crippen LogP contribution in [0.5, 0.6) is 0 Å². The van der Waals surface area contributed by atoms with Gasteiger partial charge in [0.1, 0.15) is 11.9 Å². The number of halogens is 1. The second-order valence-corrected chi connectivity index (χ2v) is 7.69. The first kappa shape index (κ1) is 18.2. The summed E-state index contributed by atoms with van der Waals surface area (Å²) >= 11 is 1.73. The molecular weight excluding hydrogens is 363 g/mol. The lowest BCUT2D eigenvalue weighted by molar-refractivity contribution is 0.110. The van der Waals surface area contributed by atoms with Crippen molar-refractivity contribution in [3.63, 3.8) is 0 Å². The number of nitrogens with zero attached hydrogens (tertiary/aromatic N) is 6. The van der Waals surface area contributed by atoms with Gasteiger partial charge in [0.05, 0.1) is 6.54 Å². The van der Waals surface area contributed by atoms with Crippen LogP contribution in [-0.4, -0.2) is 62.7 Å². The van der Waals surface area contributed by atoms with Gasteiger partial charge in [-0.1, -0.05) is 25.1 Å². The van der Waals surface area contributed by atoms with Gasteiger partial charge in [0, 0.05) is 31.1 Å². The van der Waals surface area contributed by atoms with Crippen LogP contribution in [0.15, 0.2) is 41.8 Å². The molecule has 1 aliphatic heterocycles. The first-order chi connectivity index (χ1) is 13.2. The van der Waals surface area contributed by atoms with Gasteiger partial charge >= 0.3 is 0 Å². The zero-order valence-electron chi connectivity index (χ0n) is 15.3. The van der Waals surface area contributed by atoms with Gasteiger partial charge in [0.25, 0.3) is 0 Å². The van der Waals surface area contributed by atoms with Crippen LogP contribution in [-0.2, 0) is 6.54 Å². The number of rotatable bonds is 6. The minimum absolute atomic E-state index is 0.0412. The summed E-state index contributed by atoms with van der Waals surface area (Å²) in [6.45, 7) is 7.89. The molecule has 1 saturated heterocycles. The molecule has 0 radical (unpaired) electrons. The lowest BCUT2D eigenvalue weighted by Crippen LogP contribution is -2.48. The quantitative estimate of drug-likeness (QED) is 0.652. The van der Waals surface area contributed by atoms with Gasteiger partial charge in [-0.2, -0.15) is 0 Å². The van der Waals surface area contributed by atoms with E-state index in [9.17, 15) is 4.39 Å². The molecule has 0 aliphatic carbocycles. The molecule has 1 atom stereocenters. The number of hydrogen-bond donors (Lipinski definition) is 0. The predicted molar refractivity (Wildman–Crippen MR) is 103 cm³/mol. The zero-order chi connectivity index (χ0) is 18.6. The molecule has 1 fully saturated rings. The molecule has 0 unspecified atom stereocenters. The maximum Gasteiger partial charge on any atom is 0.174 e. The van der Waals surface area contributed by atoms with Crippen LogP contribution in [0, 0.1) is 5.82 Å². The molecule has 0 spiro atoms. The fourth-order valence-corrected chi connectivity index (χ4v) is 4.39. The molecule has 0 N–H and O–H groups in total. The van der Waals surface area contributed by atoms with Gasteiger partial charge < -0.3 is 4.90 Å². The third-order valence-electron chi connectivity index (χ3n) is 5.08. The summed E-state index contributed by atoms with van der Waals surface area (Å²) < 4.78 is 15.0. The number of aromatic nitrogens is 4. The van der Waals surface area contributed by atoms with Gasteiger partial charge in [-0.15, -0.1) is 16.4 Å². The fraction of sp³-hybridized carbons (Fsp3) is 0.421. The third kappa shape index (κ3) is 4.07. The minimum Gasteiger partial charge on any atom is -0.301 e. The lowest BCUT2D eigenvalue weighted by atomic mass is 10.1. The average Bonchev–Trinajstić information content (AvgIpc) is 3.38. The van der Waals surface area contributed by atoms with Crippen molar-refractivity contribution in [1.29, 1.82) is 0 Å². The van der Waals surface area contributed by atoms with Crippen LogP contribution in [0.25, 0.3) is 0 Å². The van der Waals surface area contributed by atoms with E-state index in [2.05, 4.69) is 49.8 Å². The van der Waals surface area contributed by atoms with E-state index in [0.717, 1.165) is 44.1 Å². The summed E-state index contributed by atoms with van der Waals surface area (Å²) in [4.78, 5) is 6.17. The highest BCUT2D eigenvalue weighted by molar-refractivity contribution is 7.10. The summed E-state index contributed by atoms with van der Waals surface area (Å²) in [5.74, 6) is 0.604. The molecule has 3 heterocycles. The van der Waals surface area contributed by atoms with Gasteiger partial charge in [-0.05, 0) is 46.1 Å². The summed E-state index contributed by atoms with van der Waals surface area (Å²) in [7, 11) is 0. The first-order valence-electron chi connectivity index (χ1n) is 9.25. The monoisotopic (exact) mass is 386 g/mol. The topological polar surface area (TPSA) is 50.1 Å². The molecule has 0 bridgehead atoms. The maximum absolute atomic E-state index is 13.2. The van der Waals surface area contributed by atoms with E-state index in [0.29, 0.717) is 6.54 Å². The fourth-order valence-electron chi connectivity index (χ4n) is 3.54. The van der Waals surface area contributed by atoms with Crippen molar-refractivity contribution in [2.45, 2.75) is 19.5 Å². The van der Waals surface area contributed by atoms with Crippen LogP contribution < -0.4 is 0 Å². The van der Waals surface area contributed by atoms with Crippen molar-refractivity contribution in [3.8, 4) is 0 Å². The highest BCUT2D eigenvalue weighted by atomic mass is 32.1. The van der Waals surface area contributed by atoms with Crippen molar-refractivity contribution in [2.75, 3.05) is 32.7 Å². The normalized spacial score (nSPS) is 17.3. The van der Waals surface area contributed by atoms with Crippen molar-refractivity contribution in [3.05, 3.63) is 63.9 Å². The Hall–Kier alpha value is -2.16. The number of piperazine rings is 1. The van der Waals surface area contributed by atoms with E-state index in [4.69, 9.17) is 0 Å². The van der Waals surface area contributed by atoms with E-state index in [1.54, 1.807) is 23.5 Å². The maximum atomic E-state index is 13.2. The molecule has 0 saturated carbocycles. The highest BCUT2D eigenvalue weighted by Gasteiger charge is 2.30. The van der Waals surface area contributed by atoms with Crippen LogP contribution in [0.2, 0.25) is 0 Å². The van der Waals surface area contributed by atoms with Crippen molar-refractivity contribution in [1.82, 2.24) is 30.0 Å². The SMILES string of the molecule is CCN1CCN([C@@H](c2cccs2)c2nnnn2Cc2ccc(F)cc2)CC1. The van der Waals surface area contributed by atoms with E-state index in [1.807, 2.05) is 4.68 Å². The number of likely N-dealkylation sites (N-methyl/N-ethyl adjacent to an activating group) is 1. The van der Waals surface area contributed by atoms with Crippen molar-refractivity contribution < 1.29 is 4.39 Å². The molecule has 4 rings (SSSR count). The smallest absolute Gasteiger partial charge is 0.174 e. The largest absolute Gasteiger partial charge is 0.301 e. The molecule has 8 heteroatoms. The van der Waals surface area contributed by atoms with Gasteiger partial charge in [-0.25, -0.2) is 9.07 Å². The molecule has 6 nitrogen and oxygen atoms in total. The summed E-state index contributed by atoms with van der Waals surface area (Å²) in [6.07, 6.45) is 0. The molecule has 27 heavy (non-hydrogen) atoms. The standard InChI is InChI=1S/C19H23FN6S/c1-2-24-9-11-25(12-10-24)18(17-4-3-13-27-17)19-21-22-23-26(19)14-15-5-7-16(20)8-6-15/h3-8,13,18H,2,9-12,14H2,1H3/t18-/m0/s1. The Morgan fingerprint density at radius 3 is 2.56 bits per heavy atom. The Labute approximate surface area is 162 Å². The third-order valence-corrected chi connectivity index (χ3v) is 6.01. The van der Waals surface area contributed by atoms with Gasteiger partial charge in [0.15, 0.2) is 5.82 Å². The Morgan fingerprint density at radius 1 is 1.11 bits per heavy atom. The number of tetrazole rings is 1. The number of benzene rings is 1. The molecule has 3 aromatic rings. The van der Waals surface area contributed by atoms with Crippen LogP contribution in [0.1, 0.15) is 29.2 Å². The average molecular weight is 387 g/mol. The summed E-state index contributed by atoms with van der Waals surface area (Å²) in [5, 5.41) is 14.6. The van der Waals surface area contributed by atoms with Gasteiger partial charge in [-0.3, -0.25) is 4.90 Å². The van der Waals surface area contributed by atoms with E-state index in [1.165, 1.54) is 17.0 Å². The Kier molecular flexibility index (Phi) is 5.56. The van der Waals surface area contributed by atoms with Crippen LogP contribution in [0.4, 0.5) is 4.39 Å². The number of hydrogen-bond acceptors (Lipinski definition) is 6. The van der Waals surface area contributed by atoms with E-state index in [-0.39, 0.29) is 11.9 Å². The Bertz CT molecular complexity index is 839. The molecule has 142 valence electrons. The van der Waals surface area contributed by atoms with Crippen LogP contribution >= 0.6 is 11.3 Å². The molecule has 2 aromatic heterocycles. The molecular formula is C19H23FN6S. The number of thiophene rings is 1. The predicted octanol–water partition coefficient (Wildman–Crippen LogP) is 2.65. The highest BCUT2D eigenvalue weighted by Crippen LogP contribution is 2.31. The minimum atomic E-state index is -0.235. The van der Waals surface area contributed by atoms with Gasteiger partial charge in [0.2, 0.25) is 0 Å². The second-order valence-electron chi connectivity index (χ2n) is 6.71.